The van der Waals surface area contributed by atoms with Crippen molar-refractivity contribution in [1.29, 1.82) is 0 Å². The van der Waals surface area contributed by atoms with Crippen molar-refractivity contribution in [3.63, 3.8) is 0 Å². The fourth-order valence-corrected chi connectivity index (χ4v) is 4.39. The van der Waals surface area contributed by atoms with E-state index in [0.29, 0.717) is 23.1 Å². The molecule has 8 nitrogen and oxygen atoms in total. The average Bonchev–Trinajstić information content (AvgIpc) is 3.24. The molecule has 8 heteroatoms. The van der Waals surface area contributed by atoms with Gasteiger partial charge in [0.2, 0.25) is 11.8 Å². The van der Waals surface area contributed by atoms with E-state index in [4.69, 9.17) is 4.98 Å². The van der Waals surface area contributed by atoms with E-state index in [9.17, 15) is 9.59 Å². The lowest BCUT2D eigenvalue weighted by atomic mass is 10.0. The number of likely N-dealkylation sites (N-methyl/N-ethyl adjacent to an activating group) is 1. The van der Waals surface area contributed by atoms with Crippen LogP contribution in [0.4, 0.5) is 17.2 Å². The number of rotatable bonds is 4. The summed E-state index contributed by atoms with van der Waals surface area (Å²) in [5.41, 5.74) is 2.00. The monoisotopic (exact) mass is 394 g/mol. The highest BCUT2D eigenvalue weighted by atomic mass is 16.2. The Hall–Kier alpha value is -3.03. The van der Waals surface area contributed by atoms with Gasteiger partial charge in [0.25, 0.3) is 0 Å². The summed E-state index contributed by atoms with van der Waals surface area (Å²) in [6.07, 6.45) is 10.2. The van der Waals surface area contributed by atoms with Crippen LogP contribution < -0.4 is 15.1 Å². The first kappa shape index (κ1) is 19.3. The van der Waals surface area contributed by atoms with Gasteiger partial charge in [0.1, 0.15) is 11.7 Å². The molecule has 2 aromatic rings. The molecule has 2 aromatic heterocycles. The van der Waals surface area contributed by atoms with E-state index in [2.05, 4.69) is 20.2 Å². The summed E-state index contributed by atoms with van der Waals surface area (Å²) >= 11 is 0. The first-order chi connectivity index (χ1) is 14.0. The quantitative estimate of drug-likeness (QED) is 0.857. The van der Waals surface area contributed by atoms with Crippen LogP contribution in [-0.2, 0) is 9.59 Å². The van der Waals surface area contributed by atoms with E-state index in [1.54, 1.807) is 36.6 Å². The second-order valence-corrected chi connectivity index (χ2v) is 7.67. The third kappa shape index (κ3) is 3.43. The van der Waals surface area contributed by atoms with Crippen LogP contribution >= 0.6 is 0 Å². The standard InChI is InChI=1S/C21H26N6O2/c1-4-17-21(29)26(3)18-12-23-19(15-9-10-22-11-16(15)24-13(2)28)25-20(18)27(17)14-7-5-6-8-14/h9-12,14,17H,4-8H2,1-3H3,(H,24,28)/t17-/m1/s1. The molecule has 0 unspecified atom stereocenters. The van der Waals surface area contributed by atoms with Crippen LogP contribution in [-0.4, -0.2) is 45.9 Å². The van der Waals surface area contributed by atoms with Gasteiger partial charge in [-0.15, -0.1) is 0 Å². The molecule has 29 heavy (non-hydrogen) atoms. The summed E-state index contributed by atoms with van der Waals surface area (Å²) in [7, 11) is 1.79. The molecule has 2 aliphatic rings. The predicted octanol–water partition coefficient (Wildman–Crippen LogP) is 3.00. The Morgan fingerprint density at radius 2 is 2.03 bits per heavy atom. The molecule has 3 heterocycles. The van der Waals surface area contributed by atoms with Crippen molar-refractivity contribution in [2.45, 2.75) is 58.0 Å². The fraction of sp³-hybridized carbons (Fsp3) is 0.476. The molecular formula is C21H26N6O2. The van der Waals surface area contributed by atoms with Crippen LogP contribution in [0.15, 0.2) is 24.7 Å². The molecule has 2 amide bonds. The average molecular weight is 394 g/mol. The Labute approximate surface area is 170 Å². The number of pyridine rings is 1. The minimum atomic E-state index is -0.217. The number of carbonyl (C=O) groups excluding carboxylic acids is 2. The summed E-state index contributed by atoms with van der Waals surface area (Å²) in [5.74, 6) is 1.21. The zero-order chi connectivity index (χ0) is 20.5. The van der Waals surface area contributed by atoms with Crippen molar-refractivity contribution >= 4 is 29.0 Å². The normalized spacial score (nSPS) is 19.4. The van der Waals surface area contributed by atoms with E-state index in [1.807, 2.05) is 6.92 Å². The van der Waals surface area contributed by atoms with Crippen LogP contribution in [0, 0.1) is 0 Å². The lowest BCUT2D eigenvalue weighted by molar-refractivity contribution is -0.120. The number of nitrogens with zero attached hydrogens (tertiary/aromatic N) is 5. The van der Waals surface area contributed by atoms with Crippen molar-refractivity contribution in [2.24, 2.45) is 0 Å². The smallest absolute Gasteiger partial charge is 0.249 e. The summed E-state index contributed by atoms with van der Waals surface area (Å²) in [6, 6.07) is 1.89. The van der Waals surface area contributed by atoms with E-state index in [-0.39, 0.29) is 17.9 Å². The van der Waals surface area contributed by atoms with Gasteiger partial charge in [0.15, 0.2) is 11.6 Å². The summed E-state index contributed by atoms with van der Waals surface area (Å²) in [6.45, 7) is 3.50. The van der Waals surface area contributed by atoms with E-state index >= 15 is 0 Å². The Balaban J connectivity index is 1.84. The number of nitrogens with one attached hydrogen (secondary N) is 1. The maximum absolute atomic E-state index is 13.0. The van der Waals surface area contributed by atoms with Gasteiger partial charge in [0.05, 0.1) is 18.1 Å². The number of hydrogen-bond acceptors (Lipinski definition) is 6. The zero-order valence-electron chi connectivity index (χ0n) is 17.1. The molecule has 0 saturated heterocycles. The SMILES string of the molecule is CC[C@@H]1C(=O)N(C)c2cnc(-c3ccncc3NC(C)=O)nc2N1C1CCCC1. The number of carbonyl (C=O) groups is 2. The summed E-state index contributed by atoms with van der Waals surface area (Å²) < 4.78 is 0. The summed E-state index contributed by atoms with van der Waals surface area (Å²) in [5, 5.41) is 2.79. The maximum Gasteiger partial charge on any atom is 0.249 e. The fourth-order valence-electron chi connectivity index (χ4n) is 4.39. The number of aromatic nitrogens is 3. The minimum absolute atomic E-state index is 0.0890. The second-order valence-electron chi connectivity index (χ2n) is 7.67. The van der Waals surface area contributed by atoms with Crippen molar-refractivity contribution < 1.29 is 9.59 Å². The first-order valence-electron chi connectivity index (χ1n) is 10.2. The Morgan fingerprint density at radius 3 is 2.72 bits per heavy atom. The van der Waals surface area contributed by atoms with E-state index in [1.165, 1.54) is 19.8 Å². The molecule has 0 spiro atoms. The van der Waals surface area contributed by atoms with Crippen molar-refractivity contribution in [3.8, 4) is 11.4 Å². The van der Waals surface area contributed by atoms with Gasteiger partial charge < -0.3 is 15.1 Å². The molecule has 1 saturated carbocycles. The van der Waals surface area contributed by atoms with E-state index in [0.717, 1.165) is 30.8 Å². The molecular weight excluding hydrogens is 368 g/mol. The van der Waals surface area contributed by atoms with Gasteiger partial charge in [-0.25, -0.2) is 9.97 Å². The molecule has 152 valence electrons. The van der Waals surface area contributed by atoms with Crippen molar-refractivity contribution in [1.82, 2.24) is 15.0 Å². The lowest BCUT2D eigenvalue weighted by Crippen LogP contribution is -2.55. The minimum Gasteiger partial charge on any atom is -0.340 e. The largest absolute Gasteiger partial charge is 0.340 e. The predicted molar refractivity (Wildman–Crippen MR) is 112 cm³/mol. The van der Waals surface area contributed by atoms with Gasteiger partial charge in [-0.1, -0.05) is 19.8 Å². The Bertz CT molecular complexity index is 941. The molecule has 1 atom stereocenters. The van der Waals surface area contributed by atoms with Gasteiger partial charge in [-0.2, -0.15) is 0 Å². The third-order valence-corrected chi connectivity index (χ3v) is 5.78. The molecule has 1 fully saturated rings. The van der Waals surface area contributed by atoms with Crippen LogP contribution in [0.2, 0.25) is 0 Å². The molecule has 0 bridgehead atoms. The van der Waals surface area contributed by atoms with Crippen LogP contribution in [0.1, 0.15) is 46.0 Å². The number of fused-ring (bicyclic) bond motifs is 1. The van der Waals surface area contributed by atoms with E-state index < -0.39 is 0 Å². The summed E-state index contributed by atoms with van der Waals surface area (Å²) in [4.78, 5) is 42.0. The molecule has 1 aliphatic carbocycles. The van der Waals surface area contributed by atoms with Crippen LogP contribution in [0.25, 0.3) is 11.4 Å². The molecule has 0 aromatic carbocycles. The van der Waals surface area contributed by atoms with Gasteiger partial charge in [0, 0.05) is 31.8 Å². The highest BCUT2D eigenvalue weighted by Crippen LogP contribution is 2.40. The van der Waals surface area contributed by atoms with Crippen LogP contribution in [0.3, 0.4) is 0 Å². The lowest BCUT2D eigenvalue weighted by Gasteiger charge is -2.43. The first-order valence-corrected chi connectivity index (χ1v) is 10.2. The Kier molecular flexibility index (Phi) is 5.17. The Morgan fingerprint density at radius 1 is 1.28 bits per heavy atom. The molecule has 1 N–H and O–H groups in total. The second kappa shape index (κ2) is 7.77. The maximum atomic E-state index is 13.0. The molecule has 4 rings (SSSR count). The van der Waals surface area contributed by atoms with Gasteiger partial charge in [-0.3, -0.25) is 14.6 Å². The topological polar surface area (TPSA) is 91.3 Å². The zero-order valence-corrected chi connectivity index (χ0v) is 17.1. The number of hydrogen-bond donors (Lipinski definition) is 1. The van der Waals surface area contributed by atoms with Crippen molar-refractivity contribution in [2.75, 3.05) is 22.2 Å². The van der Waals surface area contributed by atoms with Crippen LogP contribution in [0.5, 0.6) is 0 Å². The third-order valence-electron chi connectivity index (χ3n) is 5.78. The van der Waals surface area contributed by atoms with Gasteiger partial charge >= 0.3 is 0 Å². The highest BCUT2D eigenvalue weighted by Gasteiger charge is 2.41. The van der Waals surface area contributed by atoms with Crippen molar-refractivity contribution in [3.05, 3.63) is 24.7 Å². The molecule has 0 radical (unpaired) electrons. The highest BCUT2D eigenvalue weighted by molar-refractivity contribution is 6.04. The van der Waals surface area contributed by atoms with Gasteiger partial charge in [-0.05, 0) is 25.3 Å². The number of amides is 2. The molecule has 1 aliphatic heterocycles. The number of anilines is 3.